The topological polar surface area (TPSA) is 126 Å². The van der Waals surface area contributed by atoms with E-state index in [1.165, 1.54) is 21.1 Å². The molecule has 0 aliphatic carbocycles. The monoisotopic (exact) mass is 452 g/mol. The number of rotatable bonds is 9. The number of aliphatic hydroxyl groups is 1. The highest BCUT2D eigenvalue weighted by atomic mass is 16.7. The molecular formula is C22H32N2O8. The molecule has 1 saturated heterocycles. The Morgan fingerprint density at radius 2 is 1.88 bits per heavy atom. The third-order valence-electron chi connectivity index (χ3n) is 5.69. The number of likely N-dealkylation sites (N-methyl/N-ethyl adjacent to an activating group) is 1. The van der Waals surface area contributed by atoms with Crippen LogP contribution in [0.25, 0.3) is 0 Å². The van der Waals surface area contributed by atoms with E-state index < -0.39 is 41.8 Å². The molecule has 2 amide bonds. The van der Waals surface area contributed by atoms with Crippen LogP contribution in [0.5, 0.6) is 0 Å². The van der Waals surface area contributed by atoms with Crippen LogP contribution in [0.2, 0.25) is 0 Å². The van der Waals surface area contributed by atoms with Crippen LogP contribution in [0.3, 0.4) is 0 Å². The Kier molecular flexibility index (Phi) is 8.59. The van der Waals surface area contributed by atoms with Gasteiger partial charge in [0.1, 0.15) is 31.1 Å². The van der Waals surface area contributed by atoms with Crippen molar-refractivity contribution in [1.29, 1.82) is 0 Å². The van der Waals surface area contributed by atoms with Gasteiger partial charge in [-0.15, -0.1) is 0 Å². The maximum Gasteiger partial charge on any atom is 0.410 e. The van der Waals surface area contributed by atoms with Crippen LogP contribution in [0, 0.1) is 5.92 Å². The summed E-state index contributed by atoms with van der Waals surface area (Å²) in [6, 6.07) is 6.64. The van der Waals surface area contributed by atoms with E-state index >= 15 is 0 Å². The largest absolute Gasteiger partial charge is 0.480 e. The van der Waals surface area contributed by atoms with Crippen LogP contribution in [0.4, 0.5) is 4.79 Å². The average Bonchev–Trinajstić information content (AvgIpc) is 3.02. The van der Waals surface area contributed by atoms with Crippen LogP contribution < -0.4 is 0 Å². The second-order valence-electron chi connectivity index (χ2n) is 8.32. The highest BCUT2D eigenvalue weighted by Crippen LogP contribution is 2.34. The van der Waals surface area contributed by atoms with Crippen LogP contribution >= 0.6 is 0 Å². The first-order chi connectivity index (χ1) is 15.0. The number of aliphatic hydroxyl groups excluding tert-OH is 1. The lowest BCUT2D eigenvalue weighted by molar-refractivity contribution is -0.182. The molecule has 2 N–H and O–H groups in total. The van der Waals surface area contributed by atoms with Crippen molar-refractivity contribution < 1.29 is 38.8 Å². The first-order valence-corrected chi connectivity index (χ1v) is 10.3. The Morgan fingerprint density at radius 3 is 2.41 bits per heavy atom. The summed E-state index contributed by atoms with van der Waals surface area (Å²) in [6.45, 7) is 4.43. The van der Waals surface area contributed by atoms with Gasteiger partial charge in [0.05, 0.1) is 6.54 Å². The van der Waals surface area contributed by atoms with Gasteiger partial charge >= 0.3 is 12.1 Å². The highest BCUT2D eigenvalue weighted by molar-refractivity contribution is 5.91. The molecule has 1 fully saturated rings. The maximum atomic E-state index is 13.4. The third-order valence-corrected chi connectivity index (χ3v) is 5.69. The van der Waals surface area contributed by atoms with Gasteiger partial charge in [-0.3, -0.25) is 9.69 Å². The van der Waals surface area contributed by atoms with Gasteiger partial charge in [0.2, 0.25) is 5.91 Å². The molecular weight excluding hydrogens is 420 g/mol. The molecule has 1 heterocycles. The fourth-order valence-corrected chi connectivity index (χ4v) is 3.92. The smallest absolute Gasteiger partial charge is 0.410 e. The summed E-state index contributed by atoms with van der Waals surface area (Å²) in [6.07, 6.45) is -1.98. The van der Waals surface area contributed by atoms with Crippen molar-refractivity contribution in [2.24, 2.45) is 5.92 Å². The fraction of sp³-hybridized carbons (Fsp3) is 0.591. The molecule has 0 unspecified atom stereocenters. The molecule has 2 rings (SSSR count). The van der Waals surface area contributed by atoms with E-state index in [4.69, 9.17) is 14.2 Å². The summed E-state index contributed by atoms with van der Waals surface area (Å²) in [5.41, 5.74) is -0.785. The van der Waals surface area contributed by atoms with Gasteiger partial charge in [-0.25, -0.2) is 9.59 Å². The summed E-state index contributed by atoms with van der Waals surface area (Å²) >= 11 is 0. The van der Waals surface area contributed by atoms with Gasteiger partial charge in [-0.2, -0.15) is 0 Å². The standard InChI is InChI=1S/C22H32N2O8/c1-14(2)17(23(4)21(29)31-12-15-9-7-6-8-10-15)19(26)24-11-16(25)22(3,32-13-30-5)18(24)20(27)28/h6-10,14,16-18,25H,11-13H2,1-5H3,(H,27,28)/t16-,17+,18-,22-/m1/s1. The number of amides is 2. The third kappa shape index (κ3) is 5.37. The van der Waals surface area contributed by atoms with E-state index in [9.17, 15) is 24.6 Å². The zero-order chi connectivity index (χ0) is 24.1. The molecule has 32 heavy (non-hydrogen) atoms. The first kappa shape index (κ1) is 25.6. The molecule has 10 heteroatoms. The number of methoxy groups -OCH3 is 1. The van der Waals surface area contributed by atoms with E-state index in [0.29, 0.717) is 0 Å². The van der Waals surface area contributed by atoms with Crippen molar-refractivity contribution in [3.05, 3.63) is 35.9 Å². The van der Waals surface area contributed by atoms with Crippen LogP contribution in [0.1, 0.15) is 26.3 Å². The van der Waals surface area contributed by atoms with Gasteiger partial charge in [-0.05, 0) is 18.4 Å². The minimum atomic E-state index is -1.58. The predicted octanol–water partition coefficient (Wildman–Crippen LogP) is 1.32. The number of nitrogens with zero attached hydrogens (tertiary/aromatic N) is 2. The van der Waals surface area contributed by atoms with Crippen molar-refractivity contribution in [3.8, 4) is 0 Å². The van der Waals surface area contributed by atoms with Gasteiger partial charge in [-0.1, -0.05) is 44.2 Å². The number of hydrogen-bond donors (Lipinski definition) is 2. The number of ether oxygens (including phenoxy) is 3. The van der Waals surface area contributed by atoms with Gasteiger partial charge in [0.25, 0.3) is 0 Å². The van der Waals surface area contributed by atoms with Crippen molar-refractivity contribution >= 4 is 18.0 Å². The second-order valence-corrected chi connectivity index (χ2v) is 8.32. The number of carbonyl (C=O) groups excluding carboxylic acids is 2. The van der Waals surface area contributed by atoms with Crippen molar-refractivity contribution in [1.82, 2.24) is 9.80 Å². The van der Waals surface area contributed by atoms with Crippen molar-refractivity contribution in [2.75, 3.05) is 27.5 Å². The molecule has 0 aromatic heterocycles. The minimum Gasteiger partial charge on any atom is -0.480 e. The number of hydrogen-bond acceptors (Lipinski definition) is 7. The molecule has 0 spiro atoms. The van der Waals surface area contributed by atoms with Crippen molar-refractivity contribution in [2.45, 2.75) is 51.2 Å². The molecule has 0 saturated carbocycles. The summed E-state index contributed by atoms with van der Waals surface area (Å²) in [5.74, 6) is -2.30. The Labute approximate surface area is 187 Å². The van der Waals surface area contributed by atoms with E-state index in [1.807, 2.05) is 30.3 Å². The average molecular weight is 453 g/mol. The fourth-order valence-electron chi connectivity index (χ4n) is 3.92. The summed E-state index contributed by atoms with van der Waals surface area (Å²) in [5, 5.41) is 20.4. The Bertz CT molecular complexity index is 802. The number of carboxylic acids is 1. The minimum absolute atomic E-state index is 0.0339. The highest BCUT2D eigenvalue weighted by Gasteiger charge is 2.58. The predicted molar refractivity (Wildman–Crippen MR) is 114 cm³/mol. The van der Waals surface area contributed by atoms with Gasteiger partial charge in [0, 0.05) is 14.2 Å². The van der Waals surface area contributed by atoms with Crippen LogP contribution in [-0.2, 0) is 30.4 Å². The number of aliphatic carboxylic acids is 1. The SMILES string of the molecule is COCO[C@]1(C)[C@H](O)CN(C(=O)[C@H](C(C)C)N(C)C(=O)OCc2ccccc2)[C@@H]1C(=O)O. The molecule has 1 aliphatic heterocycles. The molecule has 1 aliphatic rings. The number of carbonyl (C=O) groups is 3. The lowest BCUT2D eigenvalue weighted by Gasteiger charge is -2.36. The number of benzene rings is 1. The van der Waals surface area contributed by atoms with E-state index in [1.54, 1.807) is 13.8 Å². The zero-order valence-electron chi connectivity index (χ0n) is 19.1. The molecule has 1 aromatic rings. The molecule has 10 nitrogen and oxygen atoms in total. The maximum absolute atomic E-state index is 13.4. The number of likely N-dealkylation sites (tertiary alicyclic amines) is 1. The van der Waals surface area contributed by atoms with Gasteiger partial charge < -0.3 is 29.3 Å². The zero-order valence-corrected chi connectivity index (χ0v) is 19.1. The Balaban J connectivity index is 2.22. The van der Waals surface area contributed by atoms with Gasteiger partial charge in [0.15, 0.2) is 6.04 Å². The number of carboxylic acid groups (broad SMARTS) is 1. The summed E-state index contributed by atoms with van der Waals surface area (Å²) < 4.78 is 15.7. The summed E-state index contributed by atoms with van der Waals surface area (Å²) in [7, 11) is 2.80. The van der Waals surface area contributed by atoms with E-state index in [0.717, 1.165) is 15.4 Å². The lowest BCUT2D eigenvalue weighted by atomic mass is 9.93. The van der Waals surface area contributed by atoms with Crippen LogP contribution in [0.15, 0.2) is 30.3 Å². The van der Waals surface area contributed by atoms with E-state index in [2.05, 4.69) is 0 Å². The molecule has 4 atom stereocenters. The first-order valence-electron chi connectivity index (χ1n) is 10.3. The summed E-state index contributed by atoms with van der Waals surface area (Å²) in [4.78, 5) is 40.4. The molecule has 1 aromatic carbocycles. The Morgan fingerprint density at radius 1 is 1.25 bits per heavy atom. The van der Waals surface area contributed by atoms with Crippen molar-refractivity contribution in [3.63, 3.8) is 0 Å². The lowest BCUT2D eigenvalue weighted by Crippen LogP contribution is -2.58. The second kappa shape index (κ2) is 10.8. The quantitative estimate of drug-likeness (QED) is 0.537. The Hall–Kier alpha value is -2.69. The molecule has 0 radical (unpaired) electrons. The van der Waals surface area contributed by atoms with E-state index in [-0.39, 0.29) is 25.9 Å². The number of β-amino-alcohol motifs (C(OH)–C–C–N with tert-alkyl or cyclic N) is 1. The normalized spacial score (nSPS) is 23.8. The molecule has 178 valence electrons. The van der Waals surface area contributed by atoms with Crippen LogP contribution in [-0.4, -0.2) is 89.3 Å². The molecule has 0 bridgehead atoms.